The molecule has 0 aliphatic carbocycles. The fraction of sp³-hybridized carbons (Fsp3) is 0.455. The molecule has 1 unspecified atom stereocenters. The molecule has 0 radical (unpaired) electrons. The van der Waals surface area contributed by atoms with Gasteiger partial charge in [0, 0.05) is 0 Å². The van der Waals surface area contributed by atoms with E-state index in [0.29, 0.717) is 5.92 Å². The highest BCUT2D eigenvalue weighted by molar-refractivity contribution is 9.09. The van der Waals surface area contributed by atoms with Gasteiger partial charge >= 0.3 is 0 Å². The molecule has 0 aliphatic heterocycles. The second-order valence-electron chi connectivity index (χ2n) is 3.74. The normalized spacial score (nSPS) is 13.3. The quantitative estimate of drug-likeness (QED) is 0.639. The van der Waals surface area contributed by atoms with E-state index in [1.807, 2.05) is 0 Å². The largest absolute Gasteiger partial charge is 0.315 e. The van der Waals surface area contributed by atoms with Gasteiger partial charge in [-0.1, -0.05) is 54.0 Å². The molecule has 0 saturated carbocycles. The van der Waals surface area contributed by atoms with Crippen LogP contribution in [0.3, 0.4) is 0 Å². The Kier molecular flexibility index (Phi) is 3.94. The molecule has 1 rings (SSSR count). The van der Waals surface area contributed by atoms with Crippen molar-refractivity contribution in [2.45, 2.75) is 25.2 Å². The summed E-state index contributed by atoms with van der Waals surface area (Å²) < 4.78 is 0. The second-order valence-corrected chi connectivity index (χ2v) is 4.73. The molecule has 1 nitrogen and oxygen atoms in total. The Bertz CT molecular complexity index is 251. The van der Waals surface area contributed by atoms with E-state index >= 15 is 0 Å². The average Bonchev–Trinajstić information content (AvgIpc) is 2.04. The molecular weight excluding hydrogens is 226 g/mol. The molecule has 0 spiro atoms. The van der Waals surface area contributed by atoms with Gasteiger partial charge in [0.15, 0.2) is 0 Å². The van der Waals surface area contributed by atoms with E-state index in [4.69, 9.17) is 5.73 Å². The molecule has 1 aromatic carbocycles. The Morgan fingerprint density at radius 1 is 1.23 bits per heavy atom. The second kappa shape index (κ2) is 4.77. The van der Waals surface area contributed by atoms with Crippen molar-refractivity contribution in [3.63, 3.8) is 0 Å². The Morgan fingerprint density at radius 3 is 2.15 bits per heavy atom. The van der Waals surface area contributed by atoms with Crippen molar-refractivity contribution in [2.75, 3.05) is 0 Å². The topological polar surface area (TPSA) is 26.0 Å². The first-order valence-corrected chi connectivity index (χ1v) is 5.49. The molecule has 0 bridgehead atoms. The molecule has 0 aromatic heterocycles. The summed E-state index contributed by atoms with van der Waals surface area (Å²) in [6, 6.07) is 8.46. The summed E-state index contributed by atoms with van der Waals surface area (Å²) in [5.74, 6) is 0.712. The van der Waals surface area contributed by atoms with Gasteiger partial charge in [0.1, 0.15) is 0 Å². The molecule has 2 N–H and O–H groups in total. The van der Waals surface area contributed by atoms with Crippen molar-refractivity contribution >= 4 is 15.9 Å². The van der Waals surface area contributed by atoms with Gasteiger partial charge in [-0.2, -0.15) is 0 Å². The minimum Gasteiger partial charge on any atom is -0.315 e. The monoisotopic (exact) mass is 241 g/mol. The van der Waals surface area contributed by atoms with Gasteiger partial charge in [-0.15, -0.1) is 0 Å². The zero-order chi connectivity index (χ0) is 9.84. The standard InChI is InChI=1S/C11H16BrN/c1-8(2)7-9-3-5-10(6-4-9)11(12)13/h3-6,8,11H,7,13H2,1-2H3. The lowest BCUT2D eigenvalue weighted by atomic mass is 10.0. The van der Waals surface area contributed by atoms with E-state index in [1.54, 1.807) is 0 Å². The maximum absolute atomic E-state index is 5.68. The summed E-state index contributed by atoms with van der Waals surface area (Å²) in [6.07, 6.45) is 1.14. The minimum absolute atomic E-state index is 0.0411. The smallest absolute Gasteiger partial charge is 0.0861 e. The molecule has 2 heteroatoms. The number of rotatable bonds is 3. The first-order chi connectivity index (χ1) is 6.09. The number of halogens is 1. The van der Waals surface area contributed by atoms with Crippen LogP contribution >= 0.6 is 15.9 Å². The third kappa shape index (κ3) is 3.49. The van der Waals surface area contributed by atoms with E-state index < -0.39 is 0 Å². The summed E-state index contributed by atoms with van der Waals surface area (Å²) in [5, 5.41) is 0. The summed E-state index contributed by atoms with van der Waals surface area (Å²) in [5.41, 5.74) is 8.20. The summed E-state index contributed by atoms with van der Waals surface area (Å²) in [6.45, 7) is 4.45. The summed E-state index contributed by atoms with van der Waals surface area (Å²) >= 11 is 3.34. The van der Waals surface area contributed by atoms with Crippen LogP contribution in [0.2, 0.25) is 0 Å². The Labute approximate surface area is 88.5 Å². The van der Waals surface area contributed by atoms with E-state index in [0.717, 1.165) is 12.0 Å². The molecule has 0 amide bonds. The predicted octanol–water partition coefficient (Wildman–Crippen LogP) is 3.24. The minimum atomic E-state index is -0.0411. The molecule has 13 heavy (non-hydrogen) atoms. The van der Waals surface area contributed by atoms with Crippen LogP contribution in [-0.2, 0) is 6.42 Å². The lowest BCUT2D eigenvalue weighted by Crippen LogP contribution is -2.01. The molecule has 0 aliphatic rings. The van der Waals surface area contributed by atoms with Gasteiger partial charge in [0.2, 0.25) is 0 Å². The highest BCUT2D eigenvalue weighted by Crippen LogP contribution is 2.17. The van der Waals surface area contributed by atoms with Crippen molar-refractivity contribution in [1.29, 1.82) is 0 Å². The molecule has 0 fully saturated rings. The maximum atomic E-state index is 5.68. The third-order valence-corrected chi connectivity index (χ3v) is 2.47. The van der Waals surface area contributed by atoms with Crippen LogP contribution < -0.4 is 5.73 Å². The van der Waals surface area contributed by atoms with Crippen LogP contribution in [0.4, 0.5) is 0 Å². The van der Waals surface area contributed by atoms with Gasteiger partial charge < -0.3 is 5.73 Å². The van der Waals surface area contributed by atoms with Crippen LogP contribution in [0.25, 0.3) is 0 Å². The average molecular weight is 242 g/mol. The Morgan fingerprint density at radius 2 is 1.77 bits per heavy atom. The van der Waals surface area contributed by atoms with Crippen LogP contribution in [0, 0.1) is 5.92 Å². The highest BCUT2D eigenvalue weighted by atomic mass is 79.9. The van der Waals surface area contributed by atoms with E-state index in [9.17, 15) is 0 Å². The summed E-state index contributed by atoms with van der Waals surface area (Å²) in [7, 11) is 0. The van der Waals surface area contributed by atoms with Gasteiger partial charge in [0.25, 0.3) is 0 Å². The molecule has 72 valence electrons. The zero-order valence-corrected chi connectivity index (χ0v) is 9.71. The van der Waals surface area contributed by atoms with Gasteiger partial charge in [0.05, 0.1) is 4.95 Å². The van der Waals surface area contributed by atoms with Crippen LogP contribution in [0.15, 0.2) is 24.3 Å². The molecule has 1 aromatic rings. The fourth-order valence-corrected chi connectivity index (χ4v) is 1.61. The lowest BCUT2D eigenvalue weighted by molar-refractivity contribution is 0.647. The lowest BCUT2D eigenvalue weighted by Gasteiger charge is -2.07. The Balaban J connectivity index is 2.70. The number of nitrogens with two attached hydrogens (primary N) is 1. The van der Waals surface area contributed by atoms with E-state index in [2.05, 4.69) is 54.0 Å². The summed E-state index contributed by atoms with van der Waals surface area (Å²) in [4.78, 5) is -0.0411. The van der Waals surface area contributed by atoms with Gasteiger partial charge in [-0.05, 0) is 23.5 Å². The van der Waals surface area contributed by atoms with Crippen LogP contribution in [-0.4, -0.2) is 0 Å². The molecule has 0 heterocycles. The molecule has 1 atom stereocenters. The number of hydrogen-bond donors (Lipinski definition) is 1. The Hall–Kier alpha value is -0.340. The fourth-order valence-electron chi connectivity index (χ4n) is 1.31. The van der Waals surface area contributed by atoms with Crippen molar-refractivity contribution in [3.8, 4) is 0 Å². The van der Waals surface area contributed by atoms with Crippen molar-refractivity contribution in [2.24, 2.45) is 11.7 Å². The van der Waals surface area contributed by atoms with Crippen molar-refractivity contribution in [1.82, 2.24) is 0 Å². The van der Waals surface area contributed by atoms with E-state index in [1.165, 1.54) is 5.56 Å². The van der Waals surface area contributed by atoms with Gasteiger partial charge in [-0.25, -0.2) is 0 Å². The van der Waals surface area contributed by atoms with E-state index in [-0.39, 0.29) is 4.95 Å². The number of alkyl halides is 1. The van der Waals surface area contributed by atoms with Crippen LogP contribution in [0.5, 0.6) is 0 Å². The number of benzene rings is 1. The molecular formula is C11H16BrN. The predicted molar refractivity (Wildman–Crippen MR) is 60.8 cm³/mol. The van der Waals surface area contributed by atoms with Crippen molar-refractivity contribution < 1.29 is 0 Å². The molecule has 0 saturated heterocycles. The maximum Gasteiger partial charge on any atom is 0.0861 e. The number of hydrogen-bond acceptors (Lipinski definition) is 1. The zero-order valence-electron chi connectivity index (χ0n) is 8.13. The highest BCUT2D eigenvalue weighted by Gasteiger charge is 2.01. The van der Waals surface area contributed by atoms with Crippen molar-refractivity contribution in [3.05, 3.63) is 35.4 Å². The first-order valence-electron chi connectivity index (χ1n) is 4.58. The first kappa shape index (κ1) is 10.7. The third-order valence-electron chi connectivity index (χ3n) is 1.94. The SMILES string of the molecule is CC(C)Cc1ccc(C(N)Br)cc1. The van der Waals surface area contributed by atoms with Crippen LogP contribution in [0.1, 0.15) is 29.9 Å². The van der Waals surface area contributed by atoms with Gasteiger partial charge in [-0.3, -0.25) is 0 Å².